The molecule has 2 heterocycles. The first-order chi connectivity index (χ1) is 10.4. The van der Waals surface area contributed by atoms with Crippen molar-refractivity contribution in [2.24, 2.45) is 0 Å². The second-order valence-corrected chi connectivity index (χ2v) is 7.19. The van der Waals surface area contributed by atoms with Gasteiger partial charge in [-0.25, -0.2) is 9.78 Å². The van der Waals surface area contributed by atoms with Gasteiger partial charge in [0.25, 0.3) is 0 Å². The lowest BCUT2D eigenvalue weighted by atomic mass is 9.98. The minimum Gasteiger partial charge on any atom is -0.444 e. The van der Waals surface area contributed by atoms with Gasteiger partial charge in [0.15, 0.2) is 0 Å². The molecule has 0 aliphatic carbocycles. The predicted molar refractivity (Wildman–Crippen MR) is 86.8 cm³/mol. The van der Waals surface area contributed by atoms with E-state index in [-0.39, 0.29) is 6.09 Å². The Hall–Kier alpha value is -1.52. The molecule has 5 heteroatoms. The minimum atomic E-state index is -0.424. The van der Waals surface area contributed by atoms with Gasteiger partial charge >= 0.3 is 6.09 Å². The van der Waals surface area contributed by atoms with Crippen molar-refractivity contribution in [1.82, 2.24) is 14.5 Å². The van der Waals surface area contributed by atoms with Crippen LogP contribution in [0.3, 0.4) is 0 Å². The SMILES string of the molecule is Cc1cncn1CCCC1CCCCN1C(=O)OC(C)(C)C. The molecule has 0 aromatic carbocycles. The first-order valence-electron chi connectivity index (χ1n) is 8.33. The Bertz CT molecular complexity index is 490. The molecule has 2 rings (SSSR count). The Morgan fingerprint density at radius 1 is 1.41 bits per heavy atom. The summed E-state index contributed by atoms with van der Waals surface area (Å²) in [6.07, 6.45) is 9.05. The molecule has 0 N–H and O–H groups in total. The molecule has 22 heavy (non-hydrogen) atoms. The molecule has 0 saturated carbocycles. The number of rotatable bonds is 4. The van der Waals surface area contributed by atoms with Crippen molar-refractivity contribution < 1.29 is 9.53 Å². The maximum Gasteiger partial charge on any atom is 0.410 e. The highest BCUT2D eigenvalue weighted by Gasteiger charge is 2.29. The van der Waals surface area contributed by atoms with Crippen LogP contribution in [0.5, 0.6) is 0 Å². The number of amides is 1. The summed E-state index contributed by atoms with van der Waals surface area (Å²) >= 11 is 0. The van der Waals surface area contributed by atoms with E-state index in [0.717, 1.165) is 38.8 Å². The molecule has 124 valence electrons. The molecule has 1 aliphatic heterocycles. The number of hydrogen-bond acceptors (Lipinski definition) is 3. The van der Waals surface area contributed by atoms with Crippen molar-refractivity contribution in [3.05, 3.63) is 18.2 Å². The van der Waals surface area contributed by atoms with Gasteiger partial charge in [0.2, 0.25) is 0 Å². The first-order valence-corrected chi connectivity index (χ1v) is 8.33. The maximum absolute atomic E-state index is 12.4. The lowest BCUT2D eigenvalue weighted by Crippen LogP contribution is -2.46. The summed E-state index contributed by atoms with van der Waals surface area (Å²) in [6, 6.07) is 0.312. The van der Waals surface area contributed by atoms with E-state index in [2.05, 4.69) is 16.5 Å². The van der Waals surface area contributed by atoms with Gasteiger partial charge in [0.05, 0.1) is 6.33 Å². The van der Waals surface area contributed by atoms with Crippen LogP contribution < -0.4 is 0 Å². The van der Waals surface area contributed by atoms with Crippen molar-refractivity contribution in [3.63, 3.8) is 0 Å². The molecule has 1 atom stereocenters. The van der Waals surface area contributed by atoms with E-state index in [1.807, 2.05) is 38.2 Å². The minimum absolute atomic E-state index is 0.156. The number of carbonyl (C=O) groups is 1. The fraction of sp³-hybridized carbons (Fsp3) is 0.765. The number of likely N-dealkylation sites (tertiary alicyclic amines) is 1. The number of imidazole rings is 1. The summed E-state index contributed by atoms with van der Waals surface area (Å²) in [5, 5.41) is 0. The van der Waals surface area contributed by atoms with Gasteiger partial charge < -0.3 is 14.2 Å². The Kier molecular flexibility index (Phi) is 5.48. The van der Waals surface area contributed by atoms with E-state index in [0.29, 0.717) is 6.04 Å². The molecule has 1 saturated heterocycles. The van der Waals surface area contributed by atoms with Crippen LogP contribution in [0.15, 0.2) is 12.5 Å². The molecule has 0 radical (unpaired) electrons. The molecular formula is C17H29N3O2. The van der Waals surface area contributed by atoms with Crippen LogP contribution in [0.2, 0.25) is 0 Å². The van der Waals surface area contributed by atoms with Crippen LogP contribution >= 0.6 is 0 Å². The molecule has 0 spiro atoms. The zero-order chi connectivity index (χ0) is 16.2. The summed E-state index contributed by atoms with van der Waals surface area (Å²) in [5.74, 6) is 0. The normalized spacial score (nSPS) is 19.3. The third-order valence-corrected chi connectivity index (χ3v) is 4.11. The second-order valence-electron chi connectivity index (χ2n) is 7.19. The largest absolute Gasteiger partial charge is 0.444 e. The van der Waals surface area contributed by atoms with E-state index in [9.17, 15) is 4.79 Å². The van der Waals surface area contributed by atoms with E-state index in [1.54, 1.807) is 0 Å². The Morgan fingerprint density at radius 3 is 2.82 bits per heavy atom. The number of hydrogen-bond donors (Lipinski definition) is 0. The summed E-state index contributed by atoms with van der Waals surface area (Å²) in [7, 11) is 0. The van der Waals surface area contributed by atoms with Crippen LogP contribution in [0.4, 0.5) is 4.79 Å². The molecule has 1 aliphatic rings. The summed E-state index contributed by atoms with van der Waals surface area (Å²) in [6.45, 7) is 9.62. The van der Waals surface area contributed by atoms with Crippen molar-refractivity contribution in [2.75, 3.05) is 6.54 Å². The van der Waals surface area contributed by atoms with Gasteiger partial charge in [0, 0.05) is 31.0 Å². The first kappa shape index (κ1) is 16.8. The van der Waals surface area contributed by atoms with Crippen LogP contribution in [-0.2, 0) is 11.3 Å². The van der Waals surface area contributed by atoms with Crippen LogP contribution in [0.1, 0.15) is 58.6 Å². The van der Waals surface area contributed by atoms with Crippen LogP contribution in [0, 0.1) is 6.92 Å². The van der Waals surface area contributed by atoms with Gasteiger partial charge in [-0.1, -0.05) is 0 Å². The van der Waals surface area contributed by atoms with Crippen LogP contribution in [0.25, 0.3) is 0 Å². The number of piperidine rings is 1. The average molecular weight is 307 g/mol. The van der Waals surface area contributed by atoms with E-state index < -0.39 is 5.60 Å². The molecule has 1 fully saturated rings. The maximum atomic E-state index is 12.4. The standard InChI is InChI=1S/C17H29N3O2/c1-14-12-18-13-19(14)10-7-9-15-8-5-6-11-20(15)16(21)22-17(2,3)4/h12-13,15H,5-11H2,1-4H3. The van der Waals surface area contributed by atoms with Gasteiger partial charge in [-0.05, 0) is 59.8 Å². The molecule has 1 aromatic heterocycles. The number of aryl methyl sites for hydroxylation is 2. The van der Waals surface area contributed by atoms with Crippen LogP contribution in [-0.4, -0.2) is 38.7 Å². The molecule has 0 bridgehead atoms. The van der Waals surface area contributed by atoms with Gasteiger partial charge in [-0.2, -0.15) is 0 Å². The molecule has 5 nitrogen and oxygen atoms in total. The van der Waals surface area contributed by atoms with Crippen molar-refractivity contribution in [2.45, 2.75) is 78.0 Å². The zero-order valence-electron chi connectivity index (χ0n) is 14.3. The number of aromatic nitrogens is 2. The third kappa shape index (κ3) is 4.75. The van der Waals surface area contributed by atoms with Crippen molar-refractivity contribution in [3.8, 4) is 0 Å². The van der Waals surface area contributed by atoms with Crippen molar-refractivity contribution in [1.29, 1.82) is 0 Å². The topological polar surface area (TPSA) is 47.4 Å². The van der Waals surface area contributed by atoms with Crippen molar-refractivity contribution >= 4 is 6.09 Å². The van der Waals surface area contributed by atoms with E-state index in [4.69, 9.17) is 4.74 Å². The highest BCUT2D eigenvalue weighted by atomic mass is 16.6. The Labute approximate surface area is 133 Å². The average Bonchev–Trinajstić information content (AvgIpc) is 2.83. The summed E-state index contributed by atoms with van der Waals surface area (Å²) < 4.78 is 7.72. The molecule has 1 amide bonds. The Morgan fingerprint density at radius 2 is 2.18 bits per heavy atom. The fourth-order valence-corrected chi connectivity index (χ4v) is 2.98. The fourth-order valence-electron chi connectivity index (χ4n) is 2.98. The van der Waals surface area contributed by atoms with E-state index >= 15 is 0 Å². The van der Waals surface area contributed by atoms with E-state index in [1.165, 1.54) is 12.1 Å². The summed E-state index contributed by atoms with van der Waals surface area (Å²) in [4.78, 5) is 18.4. The highest BCUT2D eigenvalue weighted by Crippen LogP contribution is 2.23. The van der Waals surface area contributed by atoms with Gasteiger partial charge in [-0.15, -0.1) is 0 Å². The smallest absolute Gasteiger partial charge is 0.410 e. The number of carbonyl (C=O) groups excluding carboxylic acids is 1. The number of ether oxygens (including phenoxy) is 1. The second kappa shape index (κ2) is 7.16. The molecule has 1 unspecified atom stereocenters. The lowest BCUT2D eigenvalue weighted by molar-refractivity contribution is 0.00852. The molecule has 1 aromatic rings. The lowest BCUT2D eigenvalue weighted by Gasteiger charge is -2.37. The van der Waals surface area contributed by atoms with Gasteiger partial charge in [-0.3, -0.25) is 0 Å². The quantitative estimate of drug-likeness (QED) is 0.851. The summed E-state index contributed by atoms with van der Waals surface area (Å²) in [5.41, 5.74) is 0.764. The monoisotopic (exact) mass is 307 g/mol. The predicted octanol–water partition coefficient (Wildman–Crippen LogP) is 3.76. The van der Waals surface area contributed by atoms with Gasteiger partial charge in [0.1, 0.15) is 5.60 Å². The molecular weight excluding hydrogens is 278 g/mol. The highest BCUT2D eigenvalue weighted by molar-refractivity contribution is 5.68. The number of nitrogens with zero attached hydrogens (tertiary/aromatic N) is 3. The third-order valence-electron chi connectivity index (χ3n) is 4.11. The zero-order valence-corrected chi connectivity index (χ0v) is 14.3. The Balaban J connectivity index is 1.87.